The number of hydrogen-bond donors (Lipinski definition) is 0. The Balaban J connectivity index is 1.54. The van der Waals surface area contributed by atoms with Crippen LogP contribution in [0.1, 0.15) is 58.3 Å². The average Bonchev–Trinajstić information content (AvgIpc) is 2.65. The third-order valence-electron chi connectivity index (χ3n) is 6.31. The molecule has 1 aromatic carbocycles. The van der Waals surface area contributed by atoms with Crippen molar-refractivity contribution in [1.29, 1.82) is 0 Å². The van der Waals surface area contributed by atoms with Gasteiger partial charge in [0, 0.05) is 11.4 Å². The number of halogens is 4. The van der Waals surface area contributed by atoms with Gasteiger partial charge in [0.15, 0.2) is 11.6 Å². The normalized spacial score (nSPS) is 28.1. The lowest BCUT2D eigenvalue weighted by molar-refractivity contribution is -0.275. The van der Waals surface area contributed by atoms with Gasteiger partial charge < -0.3 is 9.47 Å². The standard InChI is InChI=1S/C21H27F4O3P/c1-12-2-4-13(5-3-12)14-6-8-15(9-7-14)20(26)27-16-10-17(22)19(18(29)11-16)28-21(23,24)25/h10-15H,2-9,29H2,1H3. The second kappa shape index (κ2) is 9.20. The molecule has 3 rings (SSSR count). The highest BCUT2D eigenvalue weighted by Crippen LogP contribution is 2.41. The summed E-state index contributed by atoms with van der Waals surface area (Å²) in [5.41, 5.74) is 0. The number of carbonyl (C=O) groups is 1. The van der Waals surface area contributed by atoms with Crippen molar-refractivity contribution in [3.8, 4) is 11.5 Å². The molecule has 0 saturated heterocycles. The van der Waals surface area contributed by atoms with Crippen molar-refractivity contribution < 1.29 is 31.8 Å². The summed E-state index contributed by atoms with van der Waals surface area (Å²) in [6.45, 7) is 2.30. The minimum Gasteiger partial charge on any atom is -0.426 e. The SMILES string of the molecule is CC1CCC(C2CCC(C(=O)Oc3cc(F)c(OC(F)(F)F)c(P)c3)CC2)CC1. The van der Waals surface area contributed by atoms with Gasteiger partial charge in [0.2, 0.25) is 0 Å². The predicted molar refractivity (Wildman–Crippen MR) is 105 cm³/mol. The Labute approximate surface area is 170 Å². The van der Waals surface area contributed by atoms with Gasteiger partial charge in [0.25, 0.3) is 0 Å². The van der Waals surface area contributed by atoms with Crippen molar-refractivity contribution in [2.45, 2.75) is 64.7 Å². The fraction of sp³-hybridized carbons (Fsp3) is 0.667. The molecule has 2 aliphatic carbocycles. The van der Waals surface area contributed by atoms with E-state index in [1.165, 1.54) is 25.7 Å². The van der Waals surface area contributed by atoms with Gasteiger partial charge in [-0.3, -0.25) is 4.79 Å². The molecule has 29 heavy (non-hydrogen) atoms. The molecule has 0 spiro atoms. The van der Waals surface area contributed by atoms with Crippen LogP contribution in [0.4, 0.5) is 17.6 Å². The van der Waals surface area contributed by atoms with Crippen molar-refractivity contribution in [1.82, 2.24) is 0 Å². The van der Waals surface area contributed by atoms with Gasteiger partial charge in [-0.15, -0.1) is 22.4 Å². The molecule has 0 heterocycles. The Bertz CT molecular complexity index is 698. The monoisotopic (exact) mass is 434 g/mol. The number of hydrogen-bond acceptors (Lipinski definition) is 3. The molecule has 1 atom stereocenters. The predicted octanol–water partition coefficient (Wildman–Crippen LogP) is 5.76. The molecule has 8 heteroatoms. The second-order valence-corrected chi connectivity index (χ2v) is 9.05. The zero-order valence-electron chi connectivity index (χ0n) is 16.4. The van der Waals surface area contributed by atoms with Crippen molar-refractivity contribution in [2.75, 3.05) is 0 Å². The van der Waals surface area contributed by atoms with Gasteiger partial charge in [0.05, 0.1) is 5.92 Å². The van der Waals surface area contributed by atoms with E-state index in [0.717, 1.165) is 49.7 Å². The van der Waals surface area contributed by atoms with Crippen LogP contribution in [0.5, 0.6) is 11.5 Å². The van der Waals surface area contributed by atoms with Crippen molar-refractivity contribution >= 4 is 20.5 Å². The molecular formula is C21H27F4O3P. The molecule has 0 aromatic heterocycles. The number of alkyl halides is 3. The molecule has 0 radical (unpaired) electrons. The van der Waals surface area contributed by atoms with Crippen LogP contribution in [0.25, 0.3) is 0 Å². The lowest BCUT2D eigenvalue weighted by atomic mass is 9.69. The van der Waals surface area contributed by atoms with E-state index >= 15 is 0 Å². The largest absolute Gasteiger partial charge is 0.573 e. The van der Waals surface area contributed by atoms with E-state index in [1.807, 2.05) is 9.24 Å². The lowest BCUT2D eigenvalue weighted by Gasteiger charge is -2.36. The summed E-state index contributed by atoms with van der Waals surface area (Å²) in [7, 11) is 1.97. The average molecular weight is 434 g/mol. The smallest absolute Gasteiger partial charge is 0.426 e. The fourth-order valence-electron chi connectivity index (χ4n) is 4.65. The van der Waals surface area contributed by atoms with Crippen LogP contribution in [0, 0.1) is 29.5 Å². The summed E-state index contributed by atoms with van der Waals surface area (Å²) in [6.07, 6.45) is 3.54. The van der Waals surface area contributed by atoms with Crippen LogP contribution >= 0.6 is 9.24 Å². The molecule has 0 amide bonds. The van der Waals surface area contributed by atoms with E-state index in [0.29, 0.717) is 5.92 Å². The lowest BCUT2D eigenvalue weighted by Crippen LogP contribution is -2.30. The summed E-state index contributed by atoms with van der Waals surface area (Å²) < 4.78 is 60.0. The number of esters is 1. The van der Waals surface area contributed by atoms with Crippen LogP contribution in [0.2, 0.25) is 0 Å². The Hall–Kier alpha value is -1.36. The summed E-state index contributed by atoms with van der Waals surface area (Å²) >= 11 is 0. The van der Waals surface area contributed by atoms with E-state index in [4.69, 9.17) is 4.74 Å². The molecular weight excluding hydrogens is 407 g/mol. The maximum atomic E-state index is 14.0. The summed E-state index contributed by atoms with van der Waals surface area (Å²) in [5, 5.41) is -0.166. The maximum absolute atomic E-state index is 14.0. The zero-order chi connectivity index (χ0) is 21.2. The van der Waals surface area contributed by atoms with E-state index in [-0.39, 0.29) is 17.0 Å². The maximum Gasteiger partial charge on any atom is 0.573 e. The van der Waals surface area contributed by atoms with E-state index < -0.39 is 23.9 Å². The molecule has 2 saturated carbocycles. The van der Waals surface area contributed by atoms with E-state index in [9.17, 15) is 22.4 Å². The van der Waals surface area contributed by atoms with Gasteiger partial charge >= 0.3 is 12.3 Å². The fourth-order valence-corrected chi connectivity index (χ4v) is 5.02. The van der Waals surface area contributed by atoms with Crippen LogP contribution < -0.4 is 14.8 Å². The molecule has 1 unspecified atom stereocenters. The van der Waals surface area contributed by atoms with Gasteiger partial charge in [-0.05, 0) is 62.3 Å². The first kappa shape index (κ1) is 22.3. The minimum absolute atomic E-state index is 0.115. The van der Waals surface area contributed by atoms with Crippen molar-refractivity contribution in [3.63, 3.8) is 0 Å². The van der Waals surface area contributed by atoms with Crippen molar-refractivity contribution in [3.05, 3.63) is 17.9 Å². The van der Waals surface area contributed by atoms with Crippen LogP contribution in [-0.2, 0) is 4.79 Å². The number of rotatable bonds is 4. The van der Waals surface area contributed by atoms with Gasteiger partial charge in [-0.1, -0.05) is 19.8 Å². The first-order valence-electron chi connectivity index (χ1n) is 10.2. The van der Waals surface area contributed by atoms with Crippen LogP contribution in [-0.4, -0.2) is 12.3 Å². The Morgan fingerprint density at radius 3 is 2.07 bits per heavy atom. The molecule has 0 aliphatic heterocycles. The topological polar surface area (TPSA) is 35.5 Å². The Morgan fingerprint density at radius 1 is 1.00 bits per heavy atom. The highest BCUT2D eigenvalue weighted by molar-refractivity contribution is 7.27. The van der Waals surface area contributed by atoms with Gasteiger partial charge in [-0.25, -0.2) is 4.39 Å². The van der Waals surface area contributed by atoms with Gasteiger partial charge in [-0.2, -0.15) is 0 Å². The number of benzene rings is 1. The molecule has 3 nitrogen and oxygen atoms in total. The summed E-state index contributed by atoms with van der Waals surface area (Å²) in [4.78, 5) is 12.5. The summed E-state index contributed by atoms with van der Waals surface area (Å²) in [5.74, 6) is -0.773. The first-order valence-corrected chi connectivity index (χ1v) is 10.8. The third-order valence-corrected chi connectivity index (χ3v) is 6.74. The molecule has 2 aliphatic rings. The van der Waals surface area contributed by atoms with Crippen LogP contribution in [0.15, 0.2) is 12.1 Å². The second-order valence-electron chi connectivity index (χ2n) is 8.42. The highest BCUT2D eigenvalue weighted by Gasteiger charge is 2.35. The molecule has 0 N–H and O–H groups in total. The Morgan fingerprint density at radius 2 is 1.55 bits per heavy atom. The number of carbonyl (C=O) groups excluding carboxylic acids is 1. The minimum atomic E-state index is -5.00. The molecule has 162 valence electrons. The molecule has 0 bridgehead atoms. The quantitative estimate of drug-likeness (QED) is 0.262. The third kappa shape index (κ3) is 6.07. The highest BCUT2D eigenvalue weighted by atomic mass is 31.0. The van der Waals surface area contributed by atoms with E-state index in [2.05, 4.69) is 11.7 Å². The van der Waals surface area contributed by atoms with E-state index in [1.54, 1.807) is 0 Å². The summed E-state index contributed by atoms with van der Waals surface area (Å²) in [6, 6.07) is 1.91. The molecule has 1 aromatic rings. The first-order chi connectivity index (χ1) is 13.6. The van der Waals surface area contributed by atoms with Crippen molar-refractivity contribution in [2.24, 2.45) is 23.7 Å². The molecule has 2 fully saturated rings. The Kier molecular flexibility index (Phi) is 7.08. The zero-order valence-corrected chi connectivity index (χ0v) is 17.6. The number of ether oxygens (including phenoxy) is 2. The van der Waals surface area contributed by atoms with Crippen LogP contribution in [0.3, 0.4) is 0 Å². The van der Waals surface area contributed by atoms with Gasteiger partial charge in [0.1, 0.15) is 5.75 Å².